The van der Waals surface area contributed by atoms with Gasteiger partial charge in [-0.05, 0) is 42.3 Å². The van der Waals surface area contributed by atoms with E-state index in [1.165, 1.54) is 28.6 Å². The van der Waals surface area contributed by atoms with E-state index >= 15 is 0 Å². The van der Waals surface area contributed by atoms with Gasteiger partial charge in [-0.15, -0.1) is 11.3 Å². The van der Waals surface area contributed by atoms with Crippen LogP contribution in [0.25, 0.3) is 0 Å². The predicted octanol–water partition coefficient (Wildman–Crippen LogP) is 4.74. The standard InChI is InChI=1S/C12H20BrNS/c1-4-5-6-9(2)14-10(3)12-7-11(13)8-15-12/h7-10,14H,4-6H2,1-3H3. The van der Waals surface area contributed by atoms with Crippen molar-refractivity contribution in [2.24, 2.45) is 0 Å². The normalized spacial score (nSPS) is 15.2. The van der Waals surface area contributed by atoms with E-state index in [9.17, 15) is 0 Å². The first kappa shape index (κ1) is 13.2. The summed E-state index contributed by atoms with van der Waals surface area (Å²) in [6.45, 7) is 6.75. The van der Waals surface area contributed by atoms with Crippen LogP contribution in [0, 0.1) is 0 Å². The molecule has 1 heterocycles. The Morgan fingerprint density at radius 2 is 2.20 bits per heavy atom. The number of hydrogen-bond acceptors (Lipinski definition) is 2. The Labute approximate surface area is 105 Å². The van der Waals surface area contributed by atoms with Gasteiger partial charge in [0.25, 0.3) is 0 Å². The molecule has 2 unspecified atom stereocenters. The lowest BCUT2D eigenvalue weighted by atomic mass is 10.1. The molecule has 0 amide bonds. The number of nitrogens with one attached hydrogen (secondary N) is 1. The molecule has 0 aliphatic heterocycles. The Morgan fingerprint density at radius 3 is 2.73 bits per heavy atom. The lowest BCUT2D eigenvalue weighted by Crippen LogP contribution is -2.28. The minimum absolute atomic E-state index is 0.466. The molecule has 0 fully saturated rings. The lowest BCUT2D eigenvalue weighted by Gasteiger charge is -2.18. The largest absolute Gasteiger partial charge is 0.307 e. The monoisotopic (exact) mass is 289 g/mol. The van der Waals surface area contributed by atoms with E-state index in [0.717, 1.165) is 0 Å². The highest BCUT2D eigenvalue weighted by atomic mass is 79.9. The van der Waals surface area contributed by atoms with Crippen molar-refractivity contribution >= 4 is 27.3 Å². The molecule has 1 aromatic rings. The molecule has 2 atom stereocenters. The van der Waals surface area contributed by atoms with Crippen molar-refractivity contribution in [3.8, 4) is 0 Å². The van der Waals surface area contributed by atoms with E-state index in [1.54, 1.807) is 0 Å². The highest BCUT2D eigenvalue weighted by molar-refractivity contribution is 9.10. The van der Waals surface area contributed by atoms with Crippen molar-refractivity contribution in [2.75, 3.05) is 0 Å². The van der Waals surface area contributed by atoms with Crippen LogP contribution in [-0.4, -0.2) is 6.04 Å². The number of thiophene rings is 1. The molecule has 0 radical (unpaired) electrons. The number of halogens is 1. The third kappa shape index (κ3) is 4.66. The van der Waals surface area contributed by atoms with Crippen LogP contribution in [0.4, 0.5) is 0 Å². The molecule has 0 saturated carbocycles. The third-order valence-corrected chi connectivity index (χ3v) is 4.42. The highest BCUT2D eigenvalue weighted by Gasteiger charge is 2.10. The van der Waals surface area contributed by atoms with Crippen LogP contribution in [0.5, 0.6) is 0 Å². The Balaban J connectivity index is 2.38. The molecule has 1 N–H and O–H groups in total. The smallest absolute Gasteiger partial charge is 0.0388 e. The molecule has 0 bridgehead atoms. The van der Waals surface area contributed by atoms with E-state index in [2.05, 4.69) is 53.5 Å². The average molecular weight is 290 g/mol. The molecule has 0 aromatic carbocycles. The van der Waals surface area contributed by atoms with Gasteiger partial charge in [0.15, 0.2) is 0 Å². The van der Waals surface area contributed by atoms with Crippen LogP contribution in [0.3, 0.4) is 0 Å². The fraction of sp³-hybridized carbons (Fsp3) is 0.667. The minimum Gasteiger partial charge on any atom is -0.307 e. The summed E-state index contributed by atoms with van der Waals surface area (Å²) in [5.74, 6) is 0. The summed E-state index contributed by atoms with van der Waals surface area (Å²) in [4.78, 5) is 1.41. The van der Waals surface area contributed by atoms with Crippen molar-refractivity contribution in [2.45, 2.75) is 52.1 Å². The number of hydrogen-bond donors (Lipinski definition) is 1. The summed E-state index contributed by atoms with van der Waals surface area (Å²) in [6, 6.07) is 3.28. The van der Waals surface area contributed by atoms with Gasteiger partial charge in [0.2, 0.25) is 0 Å². The van der Waals surface area contributed by atoms with Gasteiger partial charge in [-0.25, -0.2) is 0 Å². The van der Waals surface area contributed by atoms with Gasteiger partial charge in [0, 0.05) is 26.8 Å². The zero-order chi connectivity index (χ0) is 11.3. The summed E-state index contributed by atoms with van der Waals surface area (Å²) in [5.41, 5.74) is 0. The quantitative estimate of drug-likeness (QED) is 0.798. The van der Waals surface area contributed by atoms with Crippen molar-refractivity contribution in [3.63, 3.8) is 0 Å². The first-order valence-corrected chi connectivity index (χ1v) is 7.30. The fourth-order valence-electron chi connectivity index (χ4n) is 1.66. The van der Waals surface area contributed by atoms with Crippen molar-refractivity contribution < 1.29 is 0 Å². The van der Waals surface area contributed by atoms with Crippen molar-refractivity contribution in [1.82, 2.24) is 5.32 Å². The van der Waals surface area contributed by atoms with Gasteiger partial charge in [-0.2, -0.15) is 0 Å². The van der Waals surface area contributed by atoms with E-state index in [4.69, 9.17) is 0 Å². The van der Waals surface area contributed by atoms with Crippen LogP contribution < -0.4 is 5.32 Å². The summed E-state index contributed by atoms with van der Waals surface area (Å²) in [7, 11) is 0. The van der Waals surface area contributed by atoms with Crippen LogP contribution >= 0.6 is 27.3 Å². The molecule has 1 nitrogen and oxygen atoms in total. The number of rotatable bonds is 6. The Bertz CT molecular complexity index is 285. The van der Waals surface area contributed by atoms with Crippen molar-refractivity contribution in [3.05, 3.63) is 20.8 Å². The van der Waals surface area contributed by atoms with Gasteiger partial charge >= 0.3 is 0 Å². The van der Waals surface area contributed by atoms with E-state index in [0.29, 0.717) is 12.1 Å². The Morgan fingerprint density at radius 1 is 1.47 bits per heavy atom. The maximum atomic E-state index is 3.63. The van der Waals surface area contributed by atoms with Gasteiger partial charge in [-0.1, -0.05) is 19.8 Å². The molecule has 0 aliphatic carbocycles. The maximum Gasteiger partial charge on any atom is 0.0388 e. The summed E-state index contributed by atoms with van der Waals surface area (Å²) in [6.07, 6.45) is 3.87. The SMILES string of the molecule is CCCCC(C)NC(C)c1cc(Br)cs1. The molecular weight excluding hydrogens is 270 g/mol. The van der Waals surface area contributed by atoms with Gasteiger partial charge in [0.1, 0.15) is 0 Å². The minimum atomic E-state index is 0.466. The predicted molar refractivity (Wildman–Crippen MR) is 72.6 cm³/mol. The summed E-state index contributed by atoms with van der Waals surface area (Å²) in [5, 5.41) is 5.78. The first-order valence-electron chi connectivity index (χ1n) is 5.63. The fourth-order valence-corrected chi connectivity index (χ4v) is 3.12. The van der Waals surface area contributed by atoms with Crippen LogP contribution in [0.1, 0.15) is 51.0 Å². The van der Waals surface area contributed by atoms with Crippen LogP contribution in [0.2, 0.25) is 0 Å². The molecule has 1 aromatic heterocycles. The molecule has 0 spiro atoms. The lowest BCUT2D eigenvalue weighted by molar-refractivity contribution is 0.448. The molecule has 1 rings (SSSR count). The second kappa shape index (κ2) is 6.66. The second-order valence-electron chi connectivity index (χ2n) is 4.10. The average Bonchev–Trinajstić information content (AvgIpc) is 2.61. The summed E-state index contributed by atoms with van der Waals surface area (Å²) < 4.78 is 1.19. The zero-order valence-electron chi connectivity index (χ0n) is 9.72. The summed E-state index contributed by atoms with van der Waals surface area (Å²) >= 11 is 5.31. The van der Waals surface area contributed by atoms with Gasteiger partial charge in [0.05, 0.1) is 0 Å². The third-order valence-electron chi connectivity index (χ3n) is 2.54. The second-order valence-corrected chi connectivity index (χ2v) is 5.96. The van der Waals surface area contributed by atoms with Crippen LogP contribution in [-0.2, 0) is 0 Å². The maximum absolute atomic E-state index is 3.63. The first-order chi connectivity index (χ1) is 7.13. The molecule has 15 heavy (non-hydrogen) atoms. The van der Waals surface area contributed by atoms with E-state index in [1.807, 2.05) is 11.3 Å². The molecule has 0 aliphatic rings. The molecule has 0 saturated heterocycles. The van der Waals surface area contributed by atoms with Gasteiger partial charge in [-0.3, -0.25) is 0 Å². The van der Waals surface area contributed by atoms with E-state index in [-0.39, 0.29) is 0 Å². The molecule has 86 valence electrons. The molecular formula is C12H20BrNS. The number of unbranched alkanes of at least 4 members (excludes halogenated alkanes) is 1. The highest BCUT2D eigenvalue weighted by Crippen LogP contribution is 2.25. The topological polar surface area (TPSA) is 12.0 Å². The van der Waals surface area contributed by atoms with Crippen molar-refractivity contribution in [1.29, 1.82) is 0 Å². The van der Waals surface area contributed by atoms with E-state index < -0.39 is 0 Å². The Hall–Kier alpha value is 0.140. The Kier molecular flexibility index (Phi) is 5.87. The van der Waals surface area contributed by atoms with Crippen LogP contribution in [0.15, 0.2) is 15.9 Å². The zero-order valence-corrected chi connectivity index (χ0v) is 12.1. The van der Waals surface area contributed by atoms with Gasteiger partial charge < -0.3 is 5.32 Å². The molecule has 3 heteroatoms.